The topological polar surface area (TPSA) is 104 Å². The van der Waals surface area contributed by atoms with Crippen LogP contribution in [0, 0.1) is 10.1 Å². The molecule has 0 saturated carbocycles. The Morgan fingerprint density at radius 2 is 1.80 bits per heavy atom. The molecule has 9 nitrogen and oxygen atoms in total. The van der Waals surface area contributed by atoms with Gasteiger partial charge in [-0.3, -0.25) is 19.8 Å². The first kappa shape index (κ1) is 28.4. The highest BCUT2D eigenvalue weighted by Gasteiger charge is 2.32. The first-order valence-electron chi connectivity index (χ1n) is 12.5. The number of methoxy groups -OCH3 is 2. The number of amides is 1. The number of likely N-dealkylation sites (N-methyl/N-ethyl adjacent to an activating group) is 1. The number of ether oxygens (including phenoxy) is 3. The molecule has 10 heteroatoms. The Kier molecular flexibility index (Phi) is 9.23. The highest BCUT2D eigenvalue weighted by Crippen LogP contribution is 2.38. The number of aliphatic imine (C=N–C) groups is 1. The number of nitro groups is 1. The van der Waals surface area contributed by atoms with Gasteiger partial charge in [-0.25, -0.2) is 4.99 Å². The fourth-order valence-electron chi connectivity index (χ4n) is 4.05. The summed E-state index contributed by atoms with van der Waals surface area (Å²) in [6, 6.07) is 17.3. The lowest BCUT2D eigenvalue weighted by Crippen LogP contribution is -2.28. The van der Waals surface area contributed by atoms with Gasteiger partial charge in [-0.05, 0) is 90.8 Å². The molecule has 0 aliphatic carbocycles. The summed E-state index contributed by atoms with van der Waals surface area (Å²) in [5.74, 6) is 1.66. The summed E-state index contributed by atoms with van der Waals surface area (Å²) >= 11 is 1.31. The van der Waals surface area contributed by atoms with Crippen LogP contribution in [0.3, 0.4) is 0 Å². The molecule has 0 atom stereocenters. The number of allylic oxidation sites excluding steroid dienone is 1. The van der Waals surface area contributed by atoms with Crippen molar-refractivity contribution in [1.82, 2.24) is 4.90 Å². The standard InChI is InChI=1S/C30H29N3O6S/c1-5-7-22-16-21(17-26(38-4)28(22)39-19-20-8-12-24(13-9-20)33(35)36)18-27-29(34)32(6-2)30(40-27)31-23-10-14-25(37-3)15-11-23/h5,8-18H,1,6-7,19H2,2-4H3/b27-18+,31-30?. The number of thioether (sulfide) groups is 1. The van der Waals surface area contributed by atoms with Gasteiger partial charge in [-0.2, -0.15) is 0 Å². The molecular weight excluding hydrogens is 530 g/mol. The van der Waals surface area contributed by atoms with E-state index in [9.17, 15) is 14.9 Å². The molecular formula is C30H29N3O6S. The van der Waals surface area contributed by atoms with Gasteiger partial charge >= 0.3 is 0 Å². The molecule has 206 valence electrons. The van der Waals surface area contributed by atoms with Gasteiger partial charge in [0, 0.05) is 24.2 Å². The lowest BCUT2D eigenvalue weighted by Gasteiger charge is -2.16. The van der Waals surface area contributed by atoms with Crippen molar-refractivity contribution in [2.45, 2.75) is 20.0 Å². The van der Waals surface area contributed by atoms with Gasteiger partial charge in [-0.1, -0.05) is 6.08 Å². The second-order valence-corrected chi connectivity index (χ2v) is 9.68. The summed E-state index contributed by atoms with van der Waals surface area (Å²) < 4.78 is 17.0. The molecule has 3 aromatic carbocycles. The van der Waals surface area contributed by atoms with E-state index in [4.69, 9.17) is 14.2 Å². The Morgan fingerprint density at radius 3 is 2.40 bits per heavy atom. The summed E-state index contributed by atoms with van der Waals surface area (Å²) in [5, 5.41) is 11.5. The molecule has 1 amide bonds. The van der Waals surface area contributed by atoms with Crippen molar-refractivity contribution in [2.75, 3.05) is 20.8 Å². The molecule has 3 aromatic rings. The van der Waals surface area contributed by atoms with Gasteiger partial charge in [-0.15, -0.1) is 6.58 Å². The van der Waals surface area contributed by atoms with Gasteiger partial charge in [0.25, 0.3) is 11.6 Å². The van der Waals surface area contributed by atoms with Crippen molar-refractivity contribution in [3.05, 3.63) is 105 Å². The van der Waals surface area contributed by atoms with Crippen molar-refractivity contribution in [3.8, 4) is 17.2 Å². The van der Waals surface area contributed by atoms with Crippen LogP contribution in [0.15, 0.2) is 83.2 Å². The largest absolute Gasteiger partial charge is 0.497 e. The van der Waals surface area contributed by atoms with Crippen LogP contribution in [0.25, 0.3) is 6.08 Å². The highest BCUT2D eigenvalue weighted by atomic mass is 32.2. The van der Waals surface area contributed by atoms with Gasteiger partial charge < -0.3 is 14.2 Å². The van der Waals surface area contributed by atoms with E-state index in [0.717, 1.165) is 28.1 Å². The van der Waals surface area contributed by atoms with E-state index in [1.807, 2.05) is 49.4 Å². The molecule has 4 rings (SSSR count). The molecule has 1 saturated heterocycles. The molecule has 0 aromatic heterocycles. The minimum atomic E-state index is -0.440. The Morgan fingerprint density at radius 1 is 1.07 bits per heavy atom. The van der Waals surface area contributed by atoms with Gasteiger partial charge in [0.15, 0.2) is 16.7 Å². The number of nitro benzene ring substituents is 1. The zero-order valence-electron chi connectivity index (χ0n) is 22.5. The fourth-order valence-corrected chi connectivity index (χ4v) is 5.11. The van der Waals surface area contributed by atoms with E-state index in [0.29, 0.717) is 34.5 Å². The molecule has 1 aliphatic heterocycles. The zero-order chi connectivity index (χ0) is 28.6. The van der Waals surface area contributed by atoms with Crippen molar-refractivity contribution in [1.29, 1.82) is 0 Å². The second kappa shape index (κ2) is 13.0. The number of amidine groups is 1. The van der Waals surface area contributed by atoms with E-state index in [2.05, 4.69) is 11.6 Å². The third-order valence-electron chi connectivity index (χ3n) is 6.07. The lowest BCUT2D eigenvalue weighted by atomic mass is 10.0. The predicted octanol–water partition coefficient (Wildman–Crippen LogP) is 6.54. The summed E-state index contributed by atoms with van der Waals surface area (Å²) in [6.45, 7) is 6.45. The maximum Gasteiger partial charge on any atom is 0.269 e. The SMILES string of the molecule is C=CCc1cc(/C=C2/SC(=Nc3ccc(OC)cc3)N(CC)C2=O)cc(OC)c1OCc1ccc([N+](=O)[O-])cc1. The molecule has 1 fully saturated rings. The Labute approximate surface area is 236 Å². The number of hydrogen-bond acceptors (Lipinski definition) is 8. The number of hydrogen-bond donors (Lipinski definition) is 0. The zero-order valence-corrected chi connectivity index (χ0v) is 23.3. The molecule has 0 radical (unpaired) electrons. The van der Waals surface area contributed by atoms with E-state index >= 15 is 0 Å². The molecule has 40 heavy (non-hydrogen) atoms. The Hall–Kier alpha value is -4.57. The van der Waals surface area contributed by atoms with Crippen molar-refractivity contribution >= 4 is 40.3 Å². The van der Waals surface area contributed by atoms with Crippen LogP contribution < -0.4 is 14.2 Å². The first-order chi connectivity index (χ1) is 19.4. The van der Waals surface area contributed by atoms with Gasteiger partial charge in [0.05, 0.1) is 29.7 Å². The minimum absolute atomic E-state index is 0.0178. The summed E-state index contributed by atoms with van der Waals surface area (Å²) in [7, 11) is 3.16. The van der Waals surface area contributed by atoms with Crippen molar-refractivity contribution in [2.24, 2.45) is 4.99 Å². The molecule has 0 N–H and O–H groups in total. The number of non-ortho nitro benzene ring substituents is 1. The van der Waals surface area contributed by atoms with Crippen LogP contribution in [0.5, 0.6) is 17.2 Å². The van der Waals surface area contributed by atoms with Crippen LogP contribution >= 0.6 is 11.8 Å². The van der Waals surface area contributed by atoms with Crippen LogP contribution in [-0.4, -0.2) is 41.7 Å². The van der Waals surface area contributed by atoms with E-state index in [1.165, 1.54) is 23.9 Å². The Bertz CT molecular complexity index is 1470. The van der Waals surface area contributed by atoms with Crippen LogP contribution in [-0.2, 0) is 17.8 Å². The summed E-state index contributed by atoms with van der Waals surface area (Å²) in [5.41, 5.74) is 3.12. The Balaban J connectivity index is 1.61. The molecule has 0 unspecified atom stereocenters. The van der Waals surface area contributed by atoms with E-state index < -0.39 is 4.92 Å². The second-order valence-electron chi connectivity index (χ2n) is 8.67. The molecule has 0 bridgehead atoms. The average Bonchev–Trinajstić information content (AvgIpc) is 3.25. The number of rotatable bonds is 11. The number of benzene rings is 3. The van der Waals surface area contributed by atoms with Crippen molar-refractivity contribution in [3.63, 3.8) is 0 Å². The van der Waals surface area contributed by atoms with Crippen molar-refractivity contribution < 1.29 is 23.9 Å². The van der Waals surface area contributed by atoms with E-state index in [1.54, 1.807) is 37.3 Å². The fraction of sp³-hybridized carbons (Fsp3) is 0.200. The smallest absolute Gasteiger partial charge is 0.269 e. The molecule has 1 aliphatic rings. The normalized spacial score (nSPS) is 15.0. The summed E-state index contributed by atoms with van der Waals surface area (Å²) in [4.78, 5) is 30.6. The third-order valence-corrected chi connectivity index (χ3v) is 7.07. The number of carbonyl (C=O) groups excluding carboxylic acids is 1. The van der Waals surface area contributed by atoms with E-state index in [-0.39, 0.29) is 18.2 Å². The number of nitrogens with zero attached hydrogens (tertiary/aromatic N) is 3. The highest BCUT2D eigenvalue weighted by molar-refractivity contribution is 8.18. The average molecular weight is 560 g/mol. The van der Waals surface area contributed by atoms with Crippen LogP contribution in [0.1, 0.15) is 23.6 Å². The first-order valence-corrected chi connectivity index (χ1v) is 13.3. The number of carbonyl (C=O) groups is 1. The molecule has 1 heterocycles. The van der Waals surface area contributed by atoms with Crippen LogP contribution in [0.2, 0.25) is 0 Å². The quantitative estimate of drug-likeness (QED) is 0.114. The maximum absolute atomic E-state index is 13.2. The minimum Gasteiger partial charge on any atom is -0.497 e. The monoisotopic (exact) mass is 559 g/mol. The predicted molar refractivity (Wildman–Crippen MR) is 157 cm³/mol. The van der Waals surface area contributed by atoms with Gasteiger partial charge in [0.1, 0.15) is 12.4 Å². The lowest BCUT2D eigenvalue weighted by molar-refractivity contribution is -0.384. The molecule has 0 spiro atoms. The third kappa shape index (κ3) is 6.52. The van der Waals surface area contributed by atoms with Gasteiger partial charge in [0.2, 0.25) is 0 Å². The summed E-state index contributed by atoms with van der Waals surface area (Å²) in [6.07, 6.45) is 4.09. The maximum atomic E-state index is 13.2. The van der Waals surface area contributed by atoms with Crippen LogP contribution in [0.4, 0.5) is 11.4 Å².